The van der Waals surface area contributed by atoms with Crippen LogP contribution in [0.2, 0.25) is 0 Å². The van der Waals surface area contributed by atoms with Gasteiger partial charge in [-0.3, -0.25) is 4.90 Å². The zero-order valence-electron chi connectivity index (χ0n) is 19.0. The highest BCUT2D eigenvalue weighted by Crippen LogP contribution is 2.15. The second-order valence-electron chi connectivity index (χ2n) is 8.72. The van der Waals surface area contributed by atoms with E-state index in [-0.39, 0.29) is 0 Å². The number of furan rings is 1. The maximum atomic E-state index is 10.6. The highest BCUT2D eigenvalue weighted by Gasteiger charge is 2.15. The number of aryl methyl sites for hydroxylation is 1. The van der Waals surface area contributed by atoms with Crippen LogP contribution in [0.4, 0.5) is 0 Å². The number of aliphatic hydroxyl groups excluding tert-OH is 1. The lowest BCUT2D eigenvalue weighted by atomic mass is 10.1. The summed E-state index contributed by atoms with van der Waals surface area (Å²) >= 11 is 0. The van der Waals surface area contributed by atoms with Crippen LogP contribution < -0.4 is 0 Å². The summed E-state index contributed by atoms with van der Waals surface area (Å²) in [7, 11) is 0. The zero-order chi connectivity index (χ0) is 22.1. The van der Waals surface area contributed by atoms with Gasteiger partial charge in [0.05, 0.1) is 19.0 Å². The Labute approximate surface area is 186 Å². The van der Waals surface area contributed by atoms with Crippen molar-refractivity contribution in [1.82, 2.24) is 9.47 Å². The van der Waals surface area contributed by atoms with Gasteiger partial charge in [-0.2, -0.15) is 0 Å². The average molecular weight is 425 g/mol. The molecule has 0 saturated heterocycles. The third kappa shape index (κ3) is 7.69. The Bertz CT molecular complexity index is 886. The molecule has 0 aliphatic heterocycles. The van der Waals surface area contributed by atoms with E-state index in [9.17, 15) is 5.11 Å². The molecule has 0 unspecified atom stereocenters. The van der Waals surface area contributed by atoms with E-state index in [0.29, 0.717) is 25.7 Å². The average Bonchev–Trinajstić information content (AvgIpc) is 3.40. The Morgan fingerprint density at radius 2 is 1.94 bits per heavy atom. The standard InChI is InChI=1S/C26H36N2O3/c1-21(2)12-14-27(18-25(29)19-30-20-26-11-7-15-31-26)17-24-10-6-13-28(24)16-23-9-5-4-8-22(23)3/h4-11,13,15,21,25,29H,12,14,16-20H2,1-3H3/t25-/m1/s1. The van der Waals surface area contributed by atoms with Gasteiger partial charge in [0.25, 0.3) is 0 Å². The molecule has 5 nitrogen and oxygen atoms in total. The Balaban J connectivity index is 1.58. The van der Waals surface area contributed by atoms with Crippen molar-refractivity contribution in [3.63, 3.8) is 0 Å². The van der Waals surface area contributed by atoms with Gasteiger partial charge in [-0.05, 0) is 61.2 Å². The summed E-state index contributed by atoms with van der Waals surface area (Å²) in [5, 5.41) is 10.6. The zero-order valence-corrected chi connectivity index (χ0v) is 19.0. The second kappa shape index (κ2) is 11.9. The Morgan fingerprint density at radius 1 is 1.10 bits per heavy atom. The number of hydrogen-bond acceptors (Lipinski definition) is 4. The minimum Gasteiger partial charge on any atom is -0.467 e. The smallest absolute Gasteiger partial charge is 0.129 e. The normalized spacial score (nSPS) is 12.7. The van der Waals surface area contributed by atoms with Crippen molar-refractivity contribution in [2.75, 3.05) is 19.7 Å². The molecule has 2 aromatic heterocycles. The molecule has 2 heterocycles. The number of rotatable bonds is 13. The largest absolute Gasteiger partial charge is 0.467 e. The van der Waals surface area contributed by atoms with Gasteiger partial charge in [0.2, 0.25) is 0 Å². The van der Waals surface area contributed by atoms with Crippen molar-refractivity contribution in [2.24, 2.45) is 5.92 Å². The predicted octanol–water partition coefficient (Wildman–Crippen LogP) is 4.86. The van der Waals surface area contributed by atoms with E-state index in [2.05, 4.69) is 72.8 Å². The number of aromatic nitrogens is 1. The summed E-state index contributed by atoms with van der Waals surface area (Å²) in [6.45, 7) is 10.5. The van der Waals surface area contributed by atoms with Crippen LogP contribution in [0.3, 0.4) is 0 Å². The molecular weight excluding hydrogens is 388 g/mol. The number of benzene rings is 1. The van der Waals surface area contributed by atoms with Crippen LogP contribution in [0.1, 0.15) is 42.8 Å². The molecule has 0 bridgehead atoms. The Kier molecular flexibility index (Phi) is 8.95. The first-order valence-electron chi connectivity index (χ1n) is 11.2. The molecule has 3 aromatic rings. The van der Waals surface area contributed by atoms with Gasteiger partial charge in [0.1, 0.15) is 12.4 Å². The molecule has 0 fully saturated rings. The van der Waals surface area contributed by atoms with Gasteiger partial charge in [0.15, 0.2) is 0 Å². The van der Waals surface area contributed by atoms with E-state index >= 15 is 0 Å². The second-order valence-corrected chi connectivity index (χ2v) is 8.72. The Hall–Kier alpha value is -2.34. The van der Waals surface area contributed by atoms with Gasteiger partial charge >= 0.3 is 0 Å². The van der Waals surface area contributed by atoms with Gasteiger partial charge < -0.3 is 18.8 Å². The maximum Gasteiger partial charge on any atom is 0.129 e. The summed E-state index contributed by atoms with van der Waals surface area (Å²) in [6.07, 6.45) is 4.33. The van der Waals surface area contributed by atoms with Crippen molar-refractivity contribution in [3.8, 4) is 0 Å². The molecule has 1 N–H and O–H groups in total. The molecule has 0 saturated carbocycles. The maximum absolute atomic E-state index is 10.6. The van der Waals surface area contributed by atoms with Crippen LogP contribution in [0.15, 0.2) is 65.4 Å². The molecular formula is C26H36N2O3. The van der Waals surface area contributed by atoms with Crippen molar-refractivity contribution in [3.05, 3.63) is 83.6 Å². The summed E-state index contributed by atoms with van der Waals surface area (Å²) in [5.41, 5.74) is 3.90. The van der Waals surface area contributed by atoms with E-state index in [1.807, 2.05) is 12.1 Å². The van der Waals surface area contributed by atoms with Gasteiger partial charge in [-0.15, -0.1) is 0 Å². The molecule has 0 radical (unpaired) electrons. The van der Waals surface area contributed by atoms with Crippen LogP contribution in [0.5, 0.6) is 0 Å². The first-order chi connectivity index (χ1) is 15.0. The monoisotopic (exact) mass is 424 g/mol. The fourth-order valence-electron chi connectivity index (χ4n) is 3.66. The minimum atomic E-state index is -0.540. The van der Waals surface area contributed by atoms with Crippen molar-refractivity contribution < 1.29 is 14.3 Å². The molecule has 168 valence electrons. The SMILES string of the molecule is Cc1ccccc1Cn1cccc1CN(CCC(C)C)C[C@@H](O)COCc1ccco1. The van der Waals surface area contributed by atoms with E-state index < -0.39 is 6.10 Å². The highest BCUT2D eigenvalue weighted by molar-refractivity contribution is 5.26. The van der Waals surface area contributed by atoms with Crippen LogP contribution in [-0.4, -0.2) is 40.4 Å². The topological polar surface area (TPSA) is 50.8 Å². The van der Waals surface area contributed by atoms with Crippen LogP contribution in [-0.2, 0) is 24.4 Å². The summed E-state index contributed by atoms with van der Waals surface area (Å²) in [6, 6.07) is 16.5. The number of hydrogen-bond donors (Lipinski definition) is 1. The van der Waals surface area contributed by atoms with Crippen LogP contribution in [0, 0.1) is 12.8 Å². The van der Waals surface area contributed by atoms with Crippen molar-refractivity contribution >= 4 is 0 Å². The molecule has 1 aromatic carbocycles. The molecule has 1 atom stereocenters. The van der Waals surface area contributed by atoms with Gasteiger partial charge in [-0.1, -0.05) is 38.1 Å². The first-order valence-corrected chi connectivity index (χ1v) is 11.2. The third-order valence-corrected chi connectivity index (χ3v) is 5.54. The fourth-order valence-corrected chi connectivity index (χ4v) is 3.66. The minimum absolute atomic E-state index is 0.295. The van der Waals surface area contributed by atoms with Gasteiger partial charge in [0, 0.05) is 31.5 Å². The molecule has 5 heteroatoms. The third-order valence-electron chi connectivity index (χ3n) is 5.54. The summed E-state index contributed by atoms with van der Waals surface area (Å²) < 4.78 is 13.2. The molecule has 0 spiro atoms. The molecule has 0 aliphatic rings. The lowest BCUT2D eigenvalue weighted by Crippen LogP contribution is -2.36. The summed E-state index contributed by atoms with van der Waals surface area (Å²) in [4.78, 5) is 2.34. The lowest BCUT2D eigenvalue weighted by molar-refractivity contribution is 0.00296. The predicted molar refractivity (Wildman–Crippen MR) is 124 cm³/mol. The molecule has 0 aliphatic carbocycles. The number of nitrogens with zero attached hydrogens (tertiary/aromatic N) is 2. The lowest BCUT2D eigenvalue weighted by Gasteiger charge is -2.26. The van der Waals surface area contributed by atoms with Crippen molar-refractivity contribution in [1.29, 1.82) is 0 Å². The van der Waals surface area contributed by atoms with E-state index in [0.717, 1.165) is 31.8 Å². The van der Waals surface area contributed by atoms with E-state index in [1.54, 1.807) is 6.26 Å². The van der Waals surface area contributed by atoms with Gasteiger partial charge in [-0.25, -0.2) is 0 Å². The first kappa shape index (κ1) is 23.3. The quantitative estimate of drug-likeness (QED) is 0.426. The highest BCUT2D eigenvalue weighted by atomic mass is 16.5. The van der Waals surface area contributed by atoms with E-state index in [4.69, 9.17) is 9.15 Å². The molecule has 0 amide bonds. The fraction of sp³-hybridized carbons (Fsp3) is 0.462. The van der Waals surface area contributed by atoms with E-state index in [1.165, 1.54) is 16.8 Å². The van der Waals surface area contributed by atoms with Crippen molar-refractivity contribution in [2.45, 2.75) is 53.0 Å². The van der Waals surface area contributed by atoms with Crippen LogP contribution in [0.25, 0.3) is 0 Å². The van der Waals surface area contributed by atoms with Crippen LogP contribution >= 0.6 is 0 Å². The molecule has 31 heavy (non-hydrogen) atoms. The number of aliphatic hydroxyl groups is 1. The summed E-state index contributed by atoms with van der Waals surface area (Å²) in [5.74, 6) is 1.39. The Morgan fingerprint density at radius 3 is 2.68 bits per heavy atom. The molecule has 3 rings (SSSR count). The number of ether oxygens (including phenoxy) is 1.